The number of thiazole rings is 1. The maximum atomic E-state index is 12.6. The van der Waals surface area contributed by atoms with Gasteiger partial charge in [0, 0.05) is 16.6 Å². The second kappa shape index (κ2) is 6.03. The molecule has 0 spiro atoms. The number of aryl methyl sites for hydroxylation is 1. The molecule has 1 atom stereocenters. The van der Waals surface area contributed by atoms with Crippen LogP contribution in [0.3, 0.4) is 0 Å². The Kier molecular flexibility index (Phi) is 4.22. The van der Waals surface area contributed by atoms with Gasteiger partial charge in [0.25, 0.3) is 0 Å². The molecular formula is C15H17N3O3S2. The molecule has 1 aliphatic rings. The van der Waals surface area contributed by atoms with Crippen molar-refractivity contribution in [1.29, 1.82) is 0 Å². The number of nitrogens with two attached hydrogens (primary N) is 1. The molecule has 1 unspecified atom stereocenters. The quantitative estimate of drug-likeness (QED) is 0.830. The molecule has 3 N–H and O–H groups in total. The van der Waals surface area contributed by atoms with E-state index in [-0.39, 0.29) is 22.4 Å². The van der Waals surface area contributed by atoms with Gasteiger partial charge in [-0.3, -0.25) is 4.79 Å². The summed E-state index contributed by atoms with van der Waals surface area (Å²) >= 11 is 1.50. The van der Waals surface area contributed by atoms with Gasteiger partial charge in [-0.05, 0) is 43.9 Å². The average Bonchev–Trinajstić information content (AvgIpc) is 3.26. The molecule has 1 aromatic carbocycles. The number of nitrogens with one attached hydrogen (secondary N) is 1. The van der Waals surface area contributed by atoms with Crippen molar-refractivity contribution < 1.29 is 13.2 Å². The first-order valence-electron chi connectivity index (χ1n) is 7.21. The normalized spacial score (nSPS) is 16.2. The molecule has 0 radical (unpaired) electrons. The predicted octanol–water partition coefficient (Wildman–Crippen LogP) is 1.98. The summed E-state index contributed by atoms with van der Waals surface area (Å²) in [6, 6.07) is 5.42. The summed E-state index contributed by atoms with van der Waals surface area (Å²) in [5.74, 6) is -0.383. The Balaban J connectivity index is 1.90. The van der Waals surface area contributed by atoms with E-state index in [1.807, 2.05) is 6.92 Å². The lowest BCUT2D eigenvalue weighted by Crippen LogP contribution is -2.30. The van der Waals surface area contributed by atoms with Crippen LogP contribution in [0.4, 0.5) is 0 Å². The predicted molar refractivity (Wildman–Crippen MR) is 87.6 cm³/mol. The third-order valence-electron chi connectivity index (χ3n) is 3.71. The lowest BCUT2D eigenvalue weighted by Gasteiger charge is -2.16. The van der Waals surface area contributed by atoms with Gasteiger partial charge < -0.3 is 5.73 Å². The average molecular weight is 351 g/mol. The van der Waals surface area contributed by atoms with E-state index < -0.39 is 15.9 Å². The van der Waals surface area contributed by atoms with E-state index in [4.69, 9.17) is 5.73 Å². The Morgan fingerprint density at radius 2 is 2.17 bits per heavy atom. The van der Waals surface area contributed by atoms with Crippen molar-refractivity contribution in [2.75, 3.05) is 0 Å². The minimum atomic E-state index is -3.75. The number of benzene rings is 1. The SMILES string of the molecule is Cc1cnc(C(NS(=O)(=O)c2cccc(C(N)=O)c2)C2CC2)s1. The van der Waals surface area contributed by atoms with Crippen LogP contribution in [0.2, 0.25) is 0 Å². The van der Waals surface area contributed by atoms with Crippen molar-refractivity contribution in [3.05, 3.63) is 45.9 Å². The number of rotatable bonds is 6. The third kappa shape index (κ3) is 3.60. The van der Waals surface area contributed by atoms with Crippen LogP contribution in [-0.2, 0) is 10.0 Å². The van der Waals surface area contributed by atoms with Crippen molar-refractivity contribution in [3.63, 3.8) is 0 Å². The molecule has 1 aliphatic carbocycles. The molecule has 1 fully saturated rings. The molecule has 0 bridgehead atoms. The molecule has 1 aromatic heterocycles. The Morgan fingerprint density at radius 3 is 2.74 bits per heavy atom. The Bertz CT molecular complexity index is 841. The highest BCUT2D eigenvalue weighted by molar-refractivity contribution is 7.89. The van der Waals surface area contributed by atoms with Crippen LogP contribution in [0.25, 0.3) is 0 Å². The van der Waals surface area contributed by atoms with E-state index in [9.17, 15) is 13.2 Å². The smallest absolute Gasteiger partial charge is 0.248 e. The topological polar surface area (TPSA) is 102 Å². The first kappa shape index (κ1) is 16.1. The zero-order valence-electron chi connectivity index (χ0n) is 12.5. The highest BCUT2D eigenvalue weighted by Crippen LogP contribution is 2.42. The Hall–Kier alpha value is -1.77. The second-order valence-corrected chi connectivity index (χ2v) is 8.62. The van der Waals surface area contributed by atoms with Crippen molar-refractivity contribution in [2.24, 2.45) is 11.7 Å². The molecular weight excluding hydrogens is 334 g/mol. The fraction of sp³-hybridized carbons (Fsp3) is 0.333. The van der Waals surface area contributed by atoms with Crippen molar-refractivity contribution in [3.8, 4) is 0 Å². The summed E-state index contributed by atoms with van der Waals surface area (Å²) in [4.78, 5) is 16.6. The molecule has 122 valence electrons. The van der Waals surface area contributed by atoms with Gasteiger partial charge in [-0.1, -0.05) is 6.07 Å². The van der Waals surface area contributed by atoms with E-state index in [1.165, 1.54) is 35.6 Å². The molecule has 1 heterocycles. The van der Waals surface area contributed by atoms with E-state index in [2.05, 4.69) is 9.71 Å². The molecule has 2 aromatic rings. The molecule has 8 heteroatoms. The number of nitrogens with zero attached hydrogens (tertiary/aromatic N) is 1. The van der Waals surface area contributed by atoms with Gasteiger partial charge in [0.1, 0.15) is 5.01 Å². The van der Waals surface area contributed by atoms with Crippen molar-refractivity contribution >= 4 is 27.3 Å². The van der Waals surface area contributed by atoms with Crippen LogP contribution in [0.5, 0.6) is 0 Å². The second-order valence-electron chi connectivity index (χ2n) is 5.64. The first-order chi connectivity index (χ1) is 10.9. The van der Waals surface area contributed by atoms with Crippen molar-refractivity contribution in [1.82, 2.24) is 9.71 Å². The minimum Gasteiger partial charge on any atom is -0.366 e. The van der Waals surface area contributed by atoms with Gasteiger partial charge in [0.05, 0.1) is 10.9 Å². The summed E-state index contributed by atoms with van der Waals surface area (Å²) in [7, 11) is -3.75. The monoisotopic (exact) mass is 351 g/mol. The molecule has 23 heavy (non-hydrogen) atoms. The molecule has 6 nitrogen and oxygen atoms in total. The van der Waals surface area contributed by atoms with E-state index in [0.29, 0.717) is 0 Å². The summed E-state index contributed by atoms with van der Waals surface area (Å²) in [5, 5.41) is 0.777. The van der Waals surface area contributed by atoms with Gasteiger partial charge in [-0.25, -0.2) is 18.1 Å². The van der Waals surface area contributed by atoms with Crippen LogP contribution >= 0.6 is 11.3 Å². The number of primary amides is 1. The summed E-state index contributed by atoms with van der Waals surface area (Å²) in [6.07, 6.45) is 3.71. The zero-order valence-corrected chi connectivity index (χ0v) is 14.2. The van der Waals surface area contributed by atoms with Crippen LogP contribution in [0, 0.1) is 12.8 Å². The van der Waals surface area contributed by atoms with Crippen molar-refractivity contribution in [2.45, 2.75) is 30.7 Å². The Labute approximate surface area is 138 Å². The lowest BCUT2D eigenvalue weighted by atomic mass is 10.2. The number of aromatic nitrogens is 1. The van der Waals surface area contributed by atoms with E-state index >= 15 is 0 Å². The zero-order chi connectivity index (χ0) is 16.6. The van der Waals surface area contributed by atoms with Crippen LogP contribution in [0.15, 0.2) is 35.4 Å². The van der Waals surface area contributed by atoms with Gasteiger partial charge in [0.15, 0.2) is 0 Å². The van der Waals surface area contributed by atoms with Gasteiger partial charge in [-0.15, -0.1) is 11.3 Å². The van der Waals surface area contributed by atoms with E-state index in [0.717, 1.165) is 22.7 Å². The lowest BCUT2D eigenvalue weighted by molar-refractivity contribution is 0.1000. The summed E-state index contributed by atoms with van der Waals surface area (Å²) in [5.41, 5.74) is 5.38. The fourth-order valence-electron chi connectivity index (χ4n) is 2.35. The minimum absolute atomic E-state index is 0.0349. The van der Waals surface area contributed by atoms with Crippen LogP contribution in [-0.4, -0.2) is 19.3 Å². The summed E-state index contributed by atoms with van der Waals surface area (Å²) < 4.78 is 28.0. The van der Waals surface area contributed by atoms with Crippen LogP contribution in [0.1, 0.15) is 39.1 Å². The van der Waals surface area contributed by atoms with E-state index in [1.54, 1.807) is 6.20 Å². The number of sulfonamides is 1. The highest BCUT2D eigenvalue weighted by atomic mass is 32.2. The number of carbonyl (C=O) groups excluding carboxylic acids is 1. The molecule has 0 saturated heterocycles. The molecule has 3 rings (SSSR count). The van der Waals surface area contributed by atoms with Crippen LogP contribution < -0.4 is 10.5 Å². The van der Waals surface area contributed by atoms with Gasteiger partial charge >= 0.3 is 0 Å². The molecule has 0 aliphatic heterocycles. The largest absolute Gasteiger partial charge is 0.366 e. The third-order valence-corrected chi connectivity index (χ3v) is 6.14. The number of hydrogen-bond acceptors (Lipinski definition) is 5. The fourth-order valence-corrected chi connectivity index (χ4v) is 4.65. The summed E-state index contributed by atoms with van der Waals surface area (Å²) in [6.45, 7) is 1.94. The number of hydrogen-bond donors (Lipinski definition) is 2. The van der Waals surface area contributed by atoms with Gasteiger partial charge in [0.2, 0.25) is 15.9 Å². The maximum Gasteiger partial charge on any atom is 0.248 e. The molecule has 1 amide bonds. The number of carbonyl (C=O) groups is 1. The highest BCUT2D eigenvalue weighted by Gasteiger charge is 2.37. The number of amides is 1. The van der Waals surface area contributed by atoms with Gasteiger partial charge in [-0.2, -0.15) is 0 Å². The Morgan fingerprint density at radius 1 is 1.43 bits per heavy atom. The standard InChI is InChI=1S/C15H17N3O3S2/c1-9-8-17-15(22-9)13(10-5-6-10)18-23(20,21)12-4-2-3-11(7-12)14(16)19/h2-4,7-8,10,13,18H,5-6H2,1H3,(H2,16,19). The first-order valence-corrected chi connectivity index (χ1v) is 9.51. The molecule has 1 saturated carbocycles. The maximum absolute atomic E-state index is 12.6.